The van der Waals surface area contributed by atoms with Crippen molar-refractivity contribution in [3.8, 4) is 0 Å². The van der Waals surface area contributed by atoms with E-state index in [-0.39, 0.29) is 11.4 Å². The Morgan fingerprint density at radius 1 is 0.947 bits per heavy atom. The van der Waals surface area contributed by atoms with Crippen LogP contribution in [0.3, 0.4) is 0 Å². The molecule has 0 bridgehead atoms. The number of esters is 1. The molecular weight excluding hydrogens is 236 g/mol. The SMILES string of the molecule is CC(C)CCCCCCCCC(=O)OCC(C)(C)C. The van der Waals surface area contributed by atoms with Gasteiger partial charge in [0.05, 0.1) is 6.61 Å². The van der Waals surface area contributed by atoms with Crippen LogP contribution in [0.4, 0.5) is 0 Å². The monoisotopic (exact) mass is 270 g/mol. The first-order valence-electron chi connectivity index (χ1n) is 7.97. The van der Waals surface area contributed by atoms with Crippen molar-refractivity contribution in [1.82, 2.24) is 0 Å². The summed E-state index contributed by atoms with van der Waals surface area (Å²) in [5.41, 5.74) is 0.0755. The van der Waals surface area contributed by atoms with Crippen LogP contribution in [-0.4, -0.2) is 12.6 Å². The van der Waals surface area contributed by atoms with Crippen LogP contribution in [0, 0.1) is 11.3 Å². The van der Waals surface area contributed by atoms with E-state index in [2.05, 4.69) is 34.6 Å². The van der Waals surface area contributed by atoms with Gasteiger partial charge in [-0.1, -0.05) is 73.1 Å². The van der Waals surface area contributed by atoms with Crippen molar-refractivity contribution in [3.05, 3.63) is 0 Å². The Labute approximate surface area is 120 Å². The highest BCUT2D eigenvalue weighted by molar-refractivity contribution is 5.69. The largest absolute Gasteiger partial charge is 0.465 e. The maximum Gasteiger partial charge on any atom is 0.305 e. The first-order chi connectivity index (χ1) is 8.81. The van der Waals surface area contributed by atoms with E-state index in [4.69, 9.17) is 4.74 Å². The molecule has 0 aromatic carbocycles. The maximum atomic E-state index is 11.5. The van der Waals surface area contributed by atoms with Crippen molar-refractivity contribution >= 4 is 5.97 Å². The molecule has 0 atom stereocenters. The molecule has 0 saturated carbocycles. The van der Waals surface area contributed by atoms with E-state index in [9.17, 15) is 4.79 Å². The van der Waals surface area contributed by atoms with E-state index in [1.54, 1.807) is 0 Å². The molecule has 0 saturated heterocycles. The molecule has 0 aliphatic rings. The normalized spacial score (nSPS) is 11.9. The van der Waals surface area contributed by atoms with Crippen LogP contribution in [-0.2, 0) is 9.53 Å². The molecule has 0 N–H and O–H groups in total. The topological polar surface area (TPSA) is 26.3 Å². The van der Waals surface area contributed by atoms with Gasteiger partial charge in [-0.25, -0.2) is 0 Å². The van der Waals surface area contributed by atoms with Crippen molar-refractivity contribution in [3.63, 3.8) is 0 Å². The Morgan fingerprint density at radius 2 is 1.47 bits per heavy atom. The van der Waals surface area contributed by atoms with E-state index in [1.165, 1.54) is 32.1 Å². The zero-order chi connectivity index (χ0) is 14.7. The fourth-order valence-corrected chi connectivity index (χ4v) is 1.90. The molecule has 114 valence electrons. The number of carbonyl (C=O) groups is 1. The Morgan fingerprint density at radius 3 is 2.00 bits per heavy atom. The third kappa shape index (κ3) is 15.4. The van der Waals surface area contributed by atoms with Gasteiger partial charge in [0.2, 0.25) is 0 Å². The average molecular weight is 270 g/mol. The second-order valence-electron chi connectivity index (χ2n) is 7.28. The van der Waals surface area contributed by atoms with Gasteiger partial charge >= 0.3 is 5.97 Å². The van der Waals surface area contributed by atoms with Gasteiger partial charge in [0.15, 0.2) is 0 Å². The molecule has 19 heavy (non-hydrogen) atoms. The summed E-state index contributed by atoms with van der Waals surface area (Å²) >= 11 is 0. The molecule has 0 aliphatic carbocycles. The van der Waals surface area contributed by atoms with Gasteiger partial charge < -0.3 is 4.74 Å². The molecular formula is C17H34O2. The highest BCUT2D eigenvalue weighted by Gasteiger charge is 2.13. The summed E-state index contributed by atoms with van der Waals surface area (Å²) in [6.07, 6.45) is 9.33. The minimum Gasteiger partial charge on any atom is -0.465 e. The first-order valence-corrected chi connectivity index (χ1v) is 7.97. The van der Waals surface area contributed by atoms with Crippen molar-refractivity contribution in [2.75, 3.05) is 6.61 Å². The fourth-order valence-electron chi connectivity index (χ4n) is 1.90. The summed E-state index contributed by atoms with van der Waals surface area (Å²) < 4.78 is 5.24. The third-order valence-electron chi connectivity index (χ3n) is 3.08. The zero-order valence-corrected chi connectivity index (χ0v) is 13.8. The van der Waals surface area contributed by atoms with Crippen LogP contribution < -0.4 is 0 Å². The Hall–Kier alpha value is -0.530. The van der Waals surface area contributed by atoms with Gasteiger partial charge in [-0.05, 0) is 17.8 Å². The van der Waals surface area contributed by atoms with E-state index in [1.807, 2.05) is 0 Å². The lowest BCUT2D eigenvalue weighted by atomic mass is 9.99. The molecule has 2 heteroatoms. The minimum atomic E-state index is -0.0327. The molecule has 0 heterocycles. The minimum absolute atomic E-state index is 0.0327. The summed E-state index contributed by atoms with van der Waals surface area (Å²) in [5, 5.41) is 0. The number of hydrogen-bond acceptors (Lipinski definition) is 2. The van der Waals surface area contributed by atoms with Gasteiger partial charge in [-0.15, -0.1) is 0 Å². The summed E-state index contributed by atoms with van der Waals surface area (Å²) in [6, 6.07) is 0. The third-order valence-corrected chi connectivity index (χ3v) is 3.08. The summed E-state index contributed by atoms with van der Waals surface area (Å²) in [4.78, 5) is 11.5. The van der Waals surface area contributed by atoms with E-state index >= 15 is 0 Å². The number of carbonyl (C=O) groups excluding carboxylic acids is 1. The number of ether oxygens (including phenoxy) is 1. The van der Waals surface area contributed by atoms with Gasteiger partial charge in [-0.3, -0.25) is 4.79 Å². The Balaban J connectivity index is 3.28. The van der Waals surface area contributed by atoms with Crippen molar-refractivity contribution in [2.24, 2.45) is 11.3 Å². The van der Waals surface area contributed by atoms with Crippen molar-refractivity contribution < 1.29 is 9.53 Å². The van der Waals surface area contributed by atoms with E-state index in [0.717, 1.165) is 18.8 Å². The lowest BCUT2D eigenvalue weighted by molar-refractivity contribution is -0.146. The maximum absolute atomic E-state index is 11.5. The van der Waals surface area contributed by atoms with Crippen LogP contribution in [0.2, 0.25) is 0 Å². The number of rotatable bonds is 10. The van der Waals surface area contributed by atoms with Crippen LogP contribution in [0.15, 0.2) is 0 Å². The molecule has 0 amide bonds. The molecule has 0 unspecified atom stereocenters. The molecule has 0 aliphatic heterocycles. The summed E-state index contributed by atoms with van der Waals surface area (Å²) in [6.45, 7) is 11.3. The van der Waals surface area contributed by atoms with E-state index < -0.39 is 0 Å². The molecule has 0 rings (SSSR count). The quantitative estimate of drug-likeness (QED) is 0.395. The molecule has 0 radical (unpaired) electrons. The van der Waals surface area contributed by atoms with Crippen LogP contribution in [0.1, 0.15) is 86.0 Å². The van der Waals surface area contributed by atoms with Gasteiger partial charge in [0.1, 0.15) is 0 Å². The van der Waals surface area contributed by atoms with Gasteiger partial charge in [-0.2, -0.15) is 0 Å². The van der Waals surface area contributed by atoms with Crippen LogP contribution in [0.25, 0.3) is 0 Å². The van der Waals surface area contributed by atoms with Gasteiger partial charge in [0.25, 0.3) is 0 Å². The second-order valence-corrected chi connectivity index (χ2v) is 7.28. The smallest absolute Gasteiger partial charge is 0.305 e. The molecule has 0 fully saturated rings. The average Bonchev–Trinajstić information content (AvgIpc) is 2.28. The lowest BCUT2D eigenvalue weighted by Gasteiger charge is -2.17. The number of hydrogen-bond donors (Lipinski definition) is 0. The van der Waals surface area contributed by atoms with Gasteiger partial charge in [0, 0.05) is 6.42 Å². The Bertz CT molecular complexity index is 226. The van der Waals surface area contributed by atoms with Crippen LogP contribution in [0.5, 0.6) is 0 Å². The fraction of sp³-hybridized carbons (Fsp3) is 0.941. The highest BCUT2D eigenvalue weighted by Crippen LogP contribution is 2.15. The second kappa shape index (κ2) is 10.3. The number of unbranched alkanes of at least 4 members (excludes halogenated alkanes) is 5. The van der Waals surface area contributed by atoms with Crippen LogP contribution >= 0.6 is 0 Å². The first kappa shape index (κ1) is 18.5. The molecule has 2 nitrogen and oxygen atoms in total. The predicted molar refractivity (Wildman–Crippen MR) is 82.2 cm³/mol. The molecule has 0 spiro atoms. The van der Waals surface area contributed by atoms with E-state index in [0.29, 0.717) is 13.0 Å². The summed E-state index contributed by atoms with van der Waals surface area (Å²) in [7, 11) is 0. The predicted octanol–water partition coefficient (Wildman–Crippen LogP) is 5.35. The lowest BCUT2D eigenvalue weighted by Crippen LogP contribution is -2.18. The summed E-state index contributed by atoms with van der Waals surface area (Å²) in [5.74, 6) is 0.798. The molecule has 0 aromatic heterocycles. The van der Waals surface area contributed by atoms with Crippen molar-refractivity contribution in [1.29, 1.82) is 0 Å². The molecule has 0 aromatic rings. The highest BCUT2D eigenvalue weighted by atomic mass is 16.5. The zero-order valence-electron chi connectivity index (χ0n) is 13.8. The standard InChI is InChI=1S/C17H34O2/c1-15(2)12-10-8-6-7-9-11-13-16(18)19-14-17(3,4)5/h15H,6-14H2,1-5H3. The Kier molecular flexibility index (Phi) is 9.99. The van der Waals surface area contributed by atoms with Crippen molar-refractivity contribution in [2.45, 2.75) is 86.0 Å².